The Morgan fingerprint density at radius 1 is 1.06 bits per heavy atom. The van der Waals surface area contributed by atoms with E-state index in [1.54, 1.807) is 0 Å². The van der Waals surface area contributed by atoms with Crippen LogP contribution in [-0.4, -0.2) is 19.8 Å². The highest BCUT2D eigenvalue weighted by Gasteiger charge is 2.25. The molecule has 0 amide bonds. The molecule has 2 aromatic carbocycles. The van der Waals surface area contributed by atoms with E-state index in [0.717, 1.165) is 16.2 Å². The van der Waals surface area contributed by atoms with E-state index in [9.17, 15) is 4.21 Å². The van der Waals surface area contributed by atoms with Crippen LogP contribution in [0.4, 0.5) is 5.13 Å². The van der Waals surface area contributed by atoms with E-state index < -0.39 is 10.8 Å². The molecule has 160 valence electrons. The fraction of sp³-hybridized carbons (Fsp3) is 0.250. The summed E-state index contributed by atoms with van der Waals surface area (Å²) in [5, 5.41) is 0.707. The molecule has 1 aromatic heterocycles. The summed E-state index contributed by atoms with van der Waals surface area (Å²) in [4.78, 5) is 7.37. The first-order chi connectivity index (χ1) is 14.9. The van der Waals surface area contributed by atoms with Crippen LogP contribution >= 0.6 is 11.5 Å². The molecular weight excluding hydrogens is 426 g/mol. The van der Waals surface area contributed by atoms with Gasteiger partial charge in [-0.25, -0.2) is 4.98 Å². The lowest BCUT2D eigenvalue weighted by molar-refractivity contribution is 0.246. The Morgan fingerprint density at radius 2 is 1.81 bits per heavy atom. The van der Waals surface area contributed by atoms with E-state index in [4.69, 9.17) is 4.74 Å². The van der Waals surface area contributed by atoms with Gasteiger partial charge in [-0.2, -0.15) is 4.37 Å². The monoisotopic (exact) mass is 451 g/mol. The molecule has 0 aliphatic carbocycles. The van der Waals surface area contributed by atoms with Crippen LogP contribution in [0.25, 0.3) is 0 Å². The molecule has 1 aliphatic rings. The number of anilines is 1. The Kier molecular flexibility index (Phi) is 6.34. The van der Waals surface area contributed by atoms with Gasteiger partial charge in [0, 0.05) is 22.6 Å². The minimum absolute atomic E-state index is 0.0347. The van der Waals surface area contributed by atoms with Crippen molar-refractivity contribution in [2.45, 2.75) is 43.1 Å². The summed E-state index contributed by atoms with van der Waals surface area (Å²) in [5.41, 5.74) is 1.11. The molecule has 1 aliphatic heterocycles. The Balaban J connectivity index is 1.53. The quantitative estimate of drug-likeness (QED) is 0.500. The van der Waals surface area contributed by atoms with Crippen molar-refractivity contribution in [3.63, 3.8) is 0 Å². The molecule has 0 fully saturated rings. The van der Waals surface area contributed by atoms with Gasteiger partial charge in [0.2, 0.25) is 5.13 Å². The average molecular weight is 452 g/mol. The van der Waals surface area contributed by atoms with Gasteiger partial charge in [0.05, 0.1) is 16.6 Å². The van der Waals surface area contributed by atoms with Gasteiger partial charge < -0.3 is 4.74 Å². The average Bonchev–Trinajstić information content (AvgIpc) is 3.22. The number of ether oxygens (including phenoxy) is 1. The Bertz CT molecular complexity index is 1120. The van der Waals surface area contributed by atoms with Crippen molar-refractivity contribution in [1.82, 2.24) is 9.36 Å². The van der Waals surface area contributed by atoms with Gasteiger partial charge in [-0.15, -0.1) is 0 Å². The van der Waals surface area contributed by atoms with Gasteiger partial charge in [0.25, 0.3) is 0 Å². The maximum absolute atomic E-state index is 12.6. The predicted octanol–water partition coefficient (Wildman–Crippen LogP) is 5.44. The van der Waals surface area contributed by atoms with Gasteiger partial charge in [-0.1, -0.05) is 63.2 Å². The van der Waals surface area contributed by atoms with E-state index in [1.807, 2.05) is 77.9 Å². The lowest BCUT2D eigenvalue weighted by atomic mass is 9.86. The second-order valence-corrected chi connectivity index (χ2v) is 10.4. The number of para-hydroxylation sites is 1. The van der Waals surface area contributed by atoms with Crippen molar-refractivity contribution in [1.29, 1.82) is 0 Å². The fourth-order valence-electron chi connectivity index (χ4n) is 3.25. The first-order valence-corrected chi connectivity index (χ1v) is 12.2. The topological polar surface area (TPSA) is 55.3 Å². The molecule has 5 nitrogen and oxygen atoms in total. The molecule has 31 heavy (non-hydrogen) atoms. The smallest absolute Gasteiger partial charge is 0.212 e. The van der Waals surface area contributed by atoms with E-state index in [0.29, 0.717) is 11.0 Å². The zero-order chi connectivity index (χ0) is 21.8. The van der Waals surface area contributed by atoms with Crippen molar-refractivity contribution in [2.75, 3.05) is 4.90 Å². The minimum atomic E-state index is -1.18. The van der Waals surface area contributed by atoms with Crippen molar-refractivity contribution < 1.29 is 8.95 Å². The Hall–Kier alpha value is -2.77. The zero-order valence-electron chi connectivity index (χ0n) is 17.8. The number of benzene rings is 2. The van der Waals surface area contributed by atoms with Crippen LogP contribution < -0.4 is 9.64 Å². The minimum Gasteiger partial charge on any atom is -0.466 e. The van der Waals surface area contributed by atoms with E-state index in [1.165, 1.54) is 11.5 Å². The zero-order valence-corrected chi connectivity index (χ0v) is 19.4. The van der Waals surface area contributed by atoms with Crippen LogP contribution in [-0.2, 0) is 22.0 Å². The third kappa shape index (κ3) is 5.11. The van der Waals surface area contributed by atoms with Gasteiger partial charge in [0.1, 0.15) is 5.75 Å². The van der Waals surface area contributed by atoms with Crippen LogP contribution in [0.3, 0.4) is 0 Å². The van der Waals surface area contributed by atoms with Crippen molar-refractivity contribution in [3.8, 4) is 5.75 Å². The molecule has 0 bridgehead atoms. The van der Waals surface area contributed by atoms with Crippen LogP contribution in [0, 0.1) is 0 Å². The normalized spacial score (nSPS) is 17.0. The van der Waals surface area contributed by atoms with Crippen LogP contribution in [0.1, 0.15) is 32.2 Å². The summed E-state index contributed by atoms with van der Waals surface area (Å²) < 4.78 is 23.5. The SMILES string of the molecule is CC(C)(C)c1ccccc1OC1C=CC=CN1c1nc(CS(=O)c2ccccc2)ns1. The molecule has 0 spiro atoms. The van der Waals surface area contributed by atoms with Gasteiger partial charge in [-0.05, 0) is 41.3 Å². The summed E-state index contributed by atoms with van der Waals surface area (Å²) in [5.74, 6) is 1.70. The number of nitrogens with zero attached hydrogens (tertiary/aromatic N) is 3. The maximum Gasteiger partial charge on any atom is 0.212 e. The summed E-state index contributed by atoms with van der Waals surface area (Å²) in [6.45, 7) is 6.52. The van der Waals surface area contributed by atoms with Crippen molar-refractivity contribution in [3.05, 3.63) is 90.4 Å². The van der Waals surface area contributed by atoms with Crippen LogP contribution in [0.2, 0.25) is 0 Å². The first-order valence-electron chi connectivity index (χ1n) is 10.1. The molecule has 0 saturated carbocycles. The highest BCUT2D eigenvalue weighted by atomic mass is 32.2. The molecule has 0 N–H and O–H groups in total. The number of hydrogen-bond acceptors (Lipinski definition) is 6. The van der Waals surface area contributed by atoms with Gasteiger partial charge in [0.15, 0.2) is 12.1 Å². The standard InChI is InChI=1S/C24H25N3O2S2/c1-24(2,3)19-13-7-8-14-20(19)29-22-15-9-10-16-27(22)23-25-21(26-30-23)17-31(28)18-11-5-4-6-12-18/h4-16,22H,17H2,1-3H3. The molecule has 2 heterocycles. The van der Waals surface area contributed by atoms with Gasteiger partial charge >= 0.3 is 0 Å². The number of rotatable bonds is 6. The Labute approximate surface area is 189 Å². The molecule has 0 radical (unpaired) electrons. The van der Waals surface area contributed by atoms with Crippen LogP contribution in [0.15, 0.2) is 83.9 Å². The third-order valence-electron chi connectivity index (χ3n) is 4.80. The highest BCUT2D eigenvalue weighted by molar-refractivity contribution is 7.84. The lowest BCUT2D eigenvalue weighted by Crippen LogP contribution is -2.36. The molecule has 3 aromatic rings. The highest BCUT2D eigenvalue weighted by Crippen LogP contribution is 2.33. The number of aromatic nitrogens is 2. The second kappa shape index (κ2) is 9.16. The van der Waals surface area contributed by atoms with Crippen molar-refractivity contribution >= 4 is 27.5 Å². The maximum atomic E-state index is 12.6. The first kappa shape index (κ1) is 21.5. The predicted molar refractivity (Wildman–Crippen MR) is 127 cm³/mol. The van der Waals surface area contributed by atoms with E-state index in [-0.39, 0.29) is 17.4 Å². The van der Waals surface area contributed by atoms with Crippen molar-refractivity contribution in [2.24, 2.45) is 0 Å². The third-order valence-corrected chi connectivity index (χ3v) is 6.88. The second-order valence-electron chi connectivity index (χ2n) is 8.18. The number of allylic oxidation sites excluding steroid dienone is 2. The molecule has 0 saturated heterocycles. The molecular formula is C24H25N3O2S2. The van der Waals surface area contributed by atoms with Crippen LogP contribution in [0.5, 0.6) is 5.75 Å². The number of hydrogen-bond donors (Lipinski definition) is 0. The molecule has 4 rings (SSSR count). The van der Waals surface area contributed by atoms with Gasteiger partial charge in [-0.3, -0.25) is 9.11 Å². The Morgan fingerprint density at radius 3 is 2.58 bits per heavy atom. The summed E-state index contributed by atoms with van der Waals surface area (Å²) >= 11 is 1.28. The fourth-order valence-corrected chi connectivity index (χ4v) is 5.02. The lowest BCUT2D eigenvalue weighted by Gasteiger charge is -2.30. The molecule has 7 heteroatoms. The van der Waals surface area contributed by atoms with E-state index >= 15 is 0 Å². The largest absolute Gasteiger partial charge is 0.466 e. The summed E-state index contributed by atoms with van der Waals surface area (Å²) in [7, 11) is -1.18. The summed E-state index contributed by atoms with van der Waals surface area (Å²) in [6, 6.07) is 17.5. The molecule has 2 unspecified atom stereocenters. The molecule has 2 atom stereocenters. The van der Waals surface area contributed by atoms with E-state index in [2.05, 4.69) is 36.2 Å². The summed E-state index contributed by atoms with van der Waals surface area (Å²) in [6.07, 6.45) is 7.49.